The van der Waals surface area contributed by atoms with Gasteiger partial charge in [-0.2, -0.15) is 5.10 Å². The van der Waals surface area contributed by atoms with Crippen LogP contribution in [0.1, 0.15) is 28.2 Å². The number of halogens is 1. The molecule has 1 aromatic carbocycles. The quantitative estimate of drug-likeness (QED) is 0.646. The SMILES string of the molecule is CN(CCCOc1cccc(S(C)(=O)=O)c1)C(=O)c1n[nH]c2c1CNCC2.Cl. The lowest BCUT2D eigenvalue weighted by Gasteiger charge is -2.18. The molecule has 3 rings (SSSR count). The standard InChI is InChI=1S/C18H24N4O4S.ClH/c1-22(18(23)17-15-12-19-8-7-16(15)20-21-17)9-4-10-26-13-5-3-6-14(11-13)27(2,24)25;/h3,5-6,11,19H,4,7-10,12H2,1-2H3,(H,20,21);1H. The molecule has 0 saturated heterocycles. The van der Waals surface area contributed by atoms with Gasteiger partial charge >= 0.3 is 0 Å². The maximum Gasteiger partial charge on any atom is 0.274 e. The van der Waals surface area contributed by atoms with E-state index in [-0.39, 0.29) is 23.2 Å². The third kappa shape index (κ3) is 5.24. The molecule has 0 saturated carbocycles. The highest BCUT2D eigenvalue weighted by molar-refractivity contribution is 7.90. The molecule has 0 bridgehead atoms. The number of carbonyl (C=O) groups excluding carboxylic acids is 1. The van der Waals surface area contributed by atoms with Gasteiger partial charge in [0.25, 0.3) is 5.91 Å². The summed E-state index contributed by atoms with van der Waals surface area (Å²) in [5.74, 6) is 0.384. The average Bonchev–Trinajstić information content (AvgIpc) is 3.08. The summed E-state index contributed by atoms with van der Waals surface area (Å²) in [6.45, 7) is 2.43. The minimum atomic E-state index is -3.26. The van der Waals surface area contributed by atoms with Crippen LogP contribution < -0.4 is 10.1 Å². The van der Waals surface area contributed by atoms with Gasteiger partial charge in [-0.15, -0.1) is 12.4 Å². The van der Waals surface area contributed by atoms with E-state index in [1.165, 1.54) is 12.1 Å². The first-order chi connectivity index (χ1) is 12.9. The molecule has 10 heteroatoms. The van der Waals surface area contributed by atoms with Crippen molar-refractivity contribution in [3.63, 3.8) is 0 Å². The van der Waals surface area contributed by atoms with Crippen molar-refractivity contribution in [3.8, 4) is 5.75 Å². The fraction of sp³-hybridized carbons (Fsp3) is 0.444. The van der Waals surface area contributed by atoms with Crippen molar-refractivity contribution in [1.29, 1.82) is 0 Å². The molecule has 0 spiro atoms. The van der Waals surface area contributed by atoms with Gasteiger partial charge in [-0.05, 0) is 24.6 Å². The molecule has 1 aromatic heterocycles. The first-order valence-corrected chi connectivity index (χ1v) is 10.7. The molecule has 1 aliphatic heterocycles. The van der Waals surface area contributed by atoms with Crippen molar-refractivity contribution < 1.29 is 17.9 Å². The van der Waals surface area contributed by atoms with E-state index < -0.39 is 9.84 Å². The maximum atomic E-state index is 12.6. The van der Waals surface area contributed by atoms with Gasteiger partial charge in [-0.1, -0.05) is 6.07 Å². The minimum Gasteiger partial charge on any atom is -0.493 e. The van der Waals surface area contributed by atoms with Crippen molar-refractivity contribution in [2.45, 2.75) is 24.3 Å². The Labute approximate surface area is 171 Å². The van der Waals surface area contributed by atoms with Crippen LogP contribution in [0.4, 0.5) is 0 Å². The molecule has 8 nitrogen and oxygen atoms in total. The maximum absolute atomic E-state index is 12.6. The van der Waals surface area contributed by atoms with E-state index >= 15 is 0 Å². The number of H-pyrrole nitrogens is 1. The second-order valence-corrected chi connectivity index (χ2v) is 8.65. The smallest absolute Gasteiger partial charge is 0.274 e. The molecule has 2 heterocycles. The third-order valence-corrected chi connectivity index (χ3v) is 5.61. The Morgan fingerprint density at radius 2 is 2.14 bits per heavy atom. The molecule has 2 aromatic rings. The monoisotopic (exact) mass is 428 g/mol. The van der Waals surface area contributed by atoms with E-state index in [1.54, 1.807) is 24.1 Å². The highest BCUT2D eigenvalue weighted by Crippen LogP contribution is 2.18. The first-order valence-electron chi connectivity index (χ1n) is 8.81. The zero-order chi connectivity index (χ0) is 19.4. The van der Waals surface area contributed by atoms with Crippen molar-refractivity contribution in [3.05, 3.63) is 41.2 Å². The summed E-state index contributed by atoms with van der Waals surface area (Å²) in [6.07, 6.45) is 2.63. The summed E-state index contributed by atoms with van der Waals surface area (Å²) in [5.41, 5.74) is 2.45. The van der Waals surface area contributed by atoms with E-state index in [0.29, 0.717) is 37.6 Å². The molecular weight excluding hydrogens is 404 g/mol. The lowest BCUT2D eigenvalue weighted by molar-refractivity contribution is 0.0780. The lowest BCUT2D eigenvalue weighted by atomic mass is 10.1. The number of benzene rings is 1. The predicted octanol–water partition coefficient (Wildman–Crippen LogP) is 1.42. The van der Waals surface area contributed by atoms with Crippen molar-refractivity contribution in [2.75, 3.05) is 33.0 Å². The molecule has 0 atom stereocenters. The Balaban J connectivity index is 0.00000280. The Kier molecular flexibility index (Phi) is 7.45. The molecule has 0 radical (unpaired) electrons. The van der Waals surface area contributed by atoms with Crippen LogP contribution in [-0.4, -0.2) is 62.4 Å². The van der Waals surface area contributed by atoms with Gasteiger partial charge < -0.3 is 15.0 Å². The predicted molar refractivity (Wildman–Crippen MR) is 108 cm³/mol. The number of aromatic amines is 1. The summed E-state index contributed by atoms with van der Waals surface area (Å²) in [6, 6.07) is 6.41. The fourth-order valence-electron chi connectivity index (χ4n) is 2.97. The normalized spacial score (nSPS) is 13.4. The minimum absolute atomic E-state index is 0. The number of rotatable bonds is 7. The van der Waals surface area contributed by atoms with Crippen LogP contribution in [0.5, 0.6) is 5.75 Å². The van der Waals surface area contributed by atoms with Crippen molar-refractivity contribution in [2.24, 2.45) is 0 Å². The van der Waals surface area contributed by atoms with E-state index in [4.69, 9.17) is 4.74 Å². The molecule has 28 heavy (non-hydrogen) atoms. The van der Waals surface area contributed by atoms with Gasteiger partial charge in [0.1, 0.15) is 5.75 Å². The van der Waals surface area contributed by atoms with Crippen LogP contribution in [0.15, 0.2) is 29.2 Å². The van der Waals surface area contributed by atoms with Crippen LogP contribution in [-0.2, 0) is 22.8 Å². The third-order valence-electron chi connectivity index (χ3n) is 4.50. The molecule has 1 aliphatic rings. The number of sulfone groups is 1. The zero-order valence-electron chi connectivity index (χ0n) is 15.9. The Hall–Kier alpha value is -2.10. The highest BCUT2D eigenvalue weighted by atomic mass is 35.5. The van der Waals surface area contributed by atoms with Crippen LogP contribution >= 0.6 is 12.4 Å². The van der Waals surface area contributed by atoms with Gasteiger partial charge in [-0.3, -0.25) is 9.89 Å². The van der Waals surface area contributed by atoms with Gasteiger partial charge in [0.05, 0.1) is 11.5 Å². The van der Waals surface area contributed by atoms with E-state index in [0.717, 1.165) is 30.5 Å². The van der Waals surface area contributed by atoms with E-state index in [1.807, 2.05) is 0 Å². The average molecular weight is 429 g/mol. The van der Waals surface area contributed by atoms with Crippen LogP contribution in [0, 0.1) is 0 Å². The lowest BCUT2D eigenvalue weighted by Crippen LogP contribution is -2.31. The Morgan fingerprint density at radius 1 is 1.36 bits per heavy atom. The second-order valence-electron chi connectivity index (χ2n) is 6.63. The number of aromatic nitrogens is 2. The number of hydrogen-bond acceptors (Lipinski definition) is 6. The molecule has 154 valence electrons. The van der Waals surface area contributed by atoms with Gasteiger partial charge in [0, 0.05) is 50.6 Å². The van der Waals surface area contributed by atoms with Crippen LogP contribution in [0.25, 0.3) is 0 Å². The second kappa shape index (κ2) is 9.40. The van der Waals surface area contributed by atoms with E-state index in [9.17, 15) is 13.2 Å². The fourth-order valence-corrected chi connectivity index (χ4v) is 3.63. The topological polar surface area (TPSA) is 104 Å². The molecular formula is C18H25ClN4O4S. The number of nitrogens with zero attached hydrogens (tertiary/aromatic N) is 2. The molecule has 0 aliphatic carbocycles. The van der Waals surface area contributed by atoms with Crippen LogP contribution in [0.2, 0.25) is 0 Å². The Morgan fingerprint density at radius 3 is 2.89 bits per heavy atom. The molecule has 0 fully saturated rings. The summed E-state index contributed by atoms with van der Waals surface area (Å²) in [7, 11) is -1.52. The number of carbonyl (C=O) groups is 1. The number of nitrogens with one attached hydrogen (secondary N) is 2. The van der Waals surface area contributed by atoms with Crippen molar-refractivity contribution >= 4 is 28.2 Å². The molecule has 2 N–H and O–H groups in total. The number of ether oxygens (including phenoxy) is 1. The van der Waals surface area contributed by atoms with E-state index in [2.05, 4.69) is 15.5 Å². The molecule has 1 amide bonds. The van der Waals surface area contributed by atoms with Gasteiger partial charge in [-0.25, -0.2) is 8.42 Å². The van der Waals surface area contributed by atoms with Crippen molar-refractivity contribution in [1.82, 2.24) is 20.4 Å². The zero-order valence-corrected chi connectivity index (χ0v) is 17.5. The molecule has 0 unspecified atom stereocenters. The summed E-state index contributed by atoms with van der Waals surface area (Å²) in [4.78, 5) is 14.5. The van der Waals surface area contributed by atoms with Crippen LogP contribution in [0.3, 0.4) is 0 Å². The van der Waals surface area contributed by atoms with Gasteiger partial charge in [0.15, 0.2) is 15.5 Å². The van der Waals surface area contributed by atoms with Gasteiger partial charge in [0.2, 0.25) is 0 Å². The summed E-state index contributed by atoms with van der Waals surface area (Å²) < 4.78 is 28.8. The number of hydrogen-bond donors (Lipinski definition) is 2. The largest absolute Gasteiger partial charge is 0.493 e. The summed E-state index contributed by atoms with van der Waals surface area (Å²) >= 11 is 0. The Bertz CT molecular complexity index is 929. The highest BCUT2D eigenvalue weighted by Gasteiger charge is 2.23. The number of fused-ring (bicyclic) bond motifs is 1. The summed E-state index contributed by atoms with van der Waals surface area (Å²) in [5, 5.41) is 10.4. The number of amides is 1. The first kappa shape index (κ1) is 22.2.